The van der Waals surface area contributed by atoms with Gasteiger partial charge in [-0.25, -0.2) is 36.1 Å². The third kappa shape index (κ3) is 4.30. The molecule has 5 rings (SSSR count). The zero-order chi connectivity index (χ0) is 25.6. The van der Waals surface area contributed by atoms with Crippen LogP contribution in [0, 0.1) is 35.0 Å². The van der Waals surface area contributed by atoms with Gasteiger partial charge in [0.1, 0.15) is 34.3 Å². The molecule has 1 aliphatic carbocycles. The van der Waals surface area contributed by atoms with Crippen LogP contribution < -0.4 is 10.0 Å². The van der Waals surface area contributed by atoms with Crippen molar-refractivity contribution in [3.63, 3.8) is 0 Å². The van der Waals surface area contributed by atoms with Crippen LogP contribution in [0.15, 0.2) is 41.7 Å². The molecule has 0 amide bonds. The molecule has 0 saturated heterocycles. The zero-order valence-corrected chi connectivity index (χ0v) is 19.0. The first-order chi connectivity index (χ1) is 17.3. The normalized spacial score (nSPS) is 14.1. The number of H-pyrrole nitrogens is 1. The van der Waals surface area contributed by atoms with Crippen molar-refractivity contribution in [1.29, 1.82) is 0 Å². The molecule has 2 aromatic heterocycles. The van der Waals surface area contributed by atoms with Gasteiger partial charge >= 0.3 is 0 Å². The highest BCUT2D eigenvalue weighted by Crippen LogP contribution is 2.32. The number of carbonyl (C=O) groups excluding carboxylic acids is 1. The number of carbonyl (C=O) groups is 1. The number of rotatable bonds is 8. The van der Waals surface area contributed by atoms with Gasteiger partial charge in [-0.05, 0) is 43.0 Å². The predicted octanol–water partition coefficient (Wildman–Crippen LogP) is 4.84. The molecule has 0 radical (unpaired) electrons. The van der Waals surface area contributed by atoms with Crippen molar-refractivity contribution >= 4 is 39.3 Å². The van der Waals surface area contributed by atoms with E-state index in [1.165, 1.54) is 12.5 Å². The van der Waals surface area contributed by atoms with Gasteiger partial charge in [-0.2, -0.15) is 0 Å². The monoisotopic (exact) mass is 521 g/mol. The zero-order valence-electron chi connectivity index (χ0n) is 18.2. The summed E-state index contributed by atoms with van der Waals surface area (Å²) in [5.74, 6) is -7.51. The van der Waals surface area contributed by atoms with Crippen molar-refractivity contribution in [3.8, 4) is 0 Å². The molecule has 0 bridgehead atoms. The number of halogens is 5. The Morgan fingerprint density at radius 1 is 1.00 bits per heavy atom. The SMILES string of the molecule is O=C(c1c(F)ccc(NS(=O)c2c(F)ccc(F)c2F)c1F)c1c[nH]c2ncnc(NCC3CC3)c12. The Bertz CT molecular complexity index is 1540. The maximum absolute atomic E-state index is 15.3. The number of aromatic amines is 1. The van der Waals surface area contributed by atoms with E-state index < -0.39 is 62.0 Å². The van der Waals surface area contributed by atoms with Gasteiger partial charge in [0.15, 0.2) is 28.4 Å². The Balaban J connectivity index is 1.51. The molecule has 13 heteroatoms. The van der Waals surface area contributed by atoms with E-state index >= 15 is 4.39 Å². The van der Waals surface area contributed by atoms with Crippen LogP contribution in [0.4, 0.5) is 33.5 Å². The van der Waals surface area contributed by atoms with Crippen molar-refractivity contribution in [2.45, 2.75) is 17.7 Å². The number of nitrogens with one attached hydrogen (secondary N) is 3. The lowest BCUT2D eigenvalue weighted by Gasteiger charge is -2.12. The molecule has 4 aromatic rings. The fourth-order valence-corrected chi connectivity index (χ4v) is 4.61. The Morgan fingerprint density at radius 2 is 1.72 bits per heavy atom. The molecule has 2 heterocycles. The van der Waals surface area contributed by atoms with Gasteiger partial charge in [0.2, 0.25) is 5.78 Å². The largest absolute Gasteiger partial charge is 0.369 e. The minimum Gasteiger partial charge on any atom is -0.369 e. The number of aromatic nitrogens is 3. The van der Waals surface area contributed by atoms with E-state index in [1.54, 1.807) is 0 Å². The number of hydrogen-bond acceptors (Lipinski definition) is 5. The standard InChI is InChI=1S/C23H16F5N5O2S/c24-12-5-6-15(33-36(35)21-14(26)4-3-13(25)18(21)27)19(28)17(12)20(34)11-8-30-23-16(11)22(31-9-32-23)29-7-10-1-2-10/h3-6,8-10,33H,1-2,7H2,(H2,29,30,31,32). The predicted molar refractivity (Wildman–Crippen MR) is 121 cm³/mol. The molecule has 186 valence electrons. The number of nitrogens with zero attached hydrogens (tertiary/aromatic N) is 2. The number of anilines is 2. The van der Waals surface area contributed by atoms with E-state index in [0.29, 0.717) is 30.4 Å². The summed E-state index contributed by atoms with van der Waals surface area (Å²) in [6, 6.07) is 2.58. The first-order valence-corrected chi connectivity index (χ1v) is 11.8. The minimum absolute atomic E-state index is 0.123. The van der Waals surface area contributed by atoms with Crippen molar-refractivity contribution in [1.82, 2.24) is 15.0 Å². The first-order valence-electron chi connectivity index (χ1n) is 10.7. The van der Waals surface area contributed by atoms with Crippen LogP contribution in [0.25, 0.3) is 11.0 Å². The molecule has 36 heavy (non-hydrogen) atoms. The van der Waals surface area contributed by atoms with Gasteiger partial charge in [-0.1, -0.05) is 0 Å². The highest BCUT2D eigenvalue weighted by molar-refractivity contribution is 7.86. The first kappa shape index (κ1) is 23.9. The van der Waals surface area contributed by atoms with Crippen LogP contribution >= 0.6 is 0 Å². The molecule has 7 nitrogen and oxygen atoms in total. The Labute approximate surface area is 202 Å². The average molecular weight is 521 g/mol. The van der Waals surface area contributed by atoms with Crippen LogP contribution in [0.1, 0.15) is 28.8 Å². The van der Waals surface area contributed by atoms with Crippen molar-refractivity contribution in [2.24, 2.45) is 5.92 Å². The molecular weight excluding hydrogens is 505 g/mol. The summed E-state index contributed by atoms with van der Waals surface area (Å²) in [6.07, 6.45) is 4.62. The molecule has 3 N–H and O–H groups in total. The summed E-state index contributed by atoms with van der Waals surface area (Å²) in [5.41, 5.74) is -1.55. The maximum atomic E-state index is 15.3. The third-order valence-electron chi connectivity index (χ3n) is 5.68. The van der Waals surface area contributed by atoms with Gasteiger partial charge in [0, 0.05) is 12.7 Å². The van der Waals surface area contributed by atoms with Crippen LogP contribution in [0.3, 0.4) is 0 Å². The summed E-state index contributed by atoms with van der Waals surface area (Å²) in [4.78, 5) is 23.0. The number of hydrogen-bond donors (Lipinski definition) is 3. The van der Waals surface area contributed by atoms with Crippen molar-refractivity contribution in [3.05, 3.63) is 77.0 Å². The lowest BCUT2D eigenvalue weighted by atomic mass is 10.0. The van der Waals surface area contributed by atoms with Gasteiger partial charge in [-0.3, -0.25) is 9.52 Å². The van der Waals surface area contributed by atoms with Gasteiger partial charge < -0.3 is 10.3 Å². The molecule has 1 unspecified atom stereocenters. The highest BCUT2D eigenvalue weighted by Gasteiger charge is 2.28. The smallest absolute Gasteiger partial charge is 0.201 e. The van der Waals surface area contributed by atoms with Crippen LogP contribution in [0.2, 0.25) is 0 Å². The van der Waals surface area contributed by atoms with Crippen molar-refractivity contribution < 1.29 is 31.0 Å². The molecule has 1 atom stereocenters. The fraction of sp³-hybridized carbons (Fsp3) is 0.174. The molecule has 0 aliphatic heterocycles. The molecule has 1 fully saturated rings. The quantitative estimate of drug-likeness (QED) is 0.175. The fourth-order valence-electron chi connectivity index (χ4n) is 3.64. The van der Waals surface area contributed by atoms with E-state index in [2.05, 4.69) is 20.3 Å². The molecule has 2 aromatic carbocycles. The number of benzene rings is 2. The summed E-state index contributed by atoms with van der Waals surface area (Å²) in [5, 5.41) is 3.35. The second-order valence-corrected chi connectivity index (χ2v) is 9.28. The summed E-state index contributed by atoms with van der Waals surface area (Å²) in [7, 11) is -2.82. The second kappa shape index (κ2) is 9.30. The molecule has 0 spiro atoms. The number of ketones is 1. The van der Waals surface area contributed by atoms with Gasteiger partial charge in [0.25, 0.3) is 0 Å². The second-order valence-electron chi connectivity index (χ2n) is 8.13. The Morgan fingerprint density at radius 3 is 2.47 bits per heavy atom. The summed E-state index contributed by atoms with van der Waals surface area (Å²) >= 11 is 0. The lowest BCUT2D eigenvalue weighted by molar-refractivity contribution is 0.103. The highest BCUT2D eigenvalue weighted by atomic mass is 32.2. The Hall–Kier alpha value is -3.87. The topological polar surface area (TPSA) is 99.8 Å². The summed E-state index contributed by atoms with van der Waals surface area (Å²) in [6.45, 7) is 0.603. The van der Waals surface area contributed by atoms with Crippen molar-refractivity contribution in [2.75, 3.05) is 16.6 Å². The molecule has 1 aliphatic rings. The van der Waals surface area contributed by atoms with Gasteiger partial charge in [-0.15, -0.1) is 0 Å². The Kier molecular flexibility index (Phi) is 6.16. The lowest BCUT2D eigenvalue weighted by Crippen LogP contribution is -2.14. The van der Waals surface area contributed by atoms with E-state index in [0.717, 1.165) is 25.0 Å². The van der Waals surface area contributed by atoms with Crippen LogP contribution in [-0.4, -0.2) is 31.5 Å². The van der Waals surface area contributed by atoms with Crippen LogP contribution in [0.5, 0.6) is 0 Å². The van der Waals surface area contributed by atoms with Crippen LogP contribution in [-0.2, 0) is 11.0 Å². The molecular formula is C23H16F5N5O2S. The van der Waals surface area contributed by atoms with E-state index in [4.69, 9.17) is 0 Å². The number of fused-ring (bicyclic) bond motifs is 1. The summed E-state index contributed by atoms with van der Waals surface area (Å²) < 4.78 is 85.9. The van der Waals surface area contributed by atoms with E-state index in [9.17, 15) is 26.6 Å². The van der Waals surface area contributed by atoms with Gasteiger partial charge in [0.05, 0.1) is 22.2 Å². The average Bonchev–Trinajstić information content (AvgIpc) is 3.58. The van der Waals surface area contributed by atoms with E-state index in [1.807, 2.05) is 4.72 Å². The maximum Gasteiger partial charge on any atom is 0.201 e. The minimum atomic E-state index is -2.82. The third-order valence-corrected chi connectivity index (χ3v) is 6.83. The molecule has 1 saturated carbocycles. The van der Waals surface area contributed by atoms with E-state index in [-0.39, 0.29) is 16.6 Å².